The number of nitrogens with zero attached hydrogens (tertiary/aromatic N) is 4. The lowest BCUT2D eigenvalue weighted by atomic mass is 10.1. The molecule has 0 saturated carbocycles. The molecule has 0 unspecified atom stereocenters. The Hall–Kier alpha value is -2.83. The highest BCUT2D eigenvalue weighted by Crippen LogP contribution is 2.27. The average Bonchev–Trinajstić information content (AvgIpc) is 2.76. The topological polar surface area (TPSA) is 92.8 Å². The monoisotopic (exact) mass is 282 g/mol. The molecule has 0 aromatic carbocycles. The van der Waals surface area contributed by atoms with Gasteiger partial charge in [-0.15, -0.1) is 0 Å². The van der Waals surface area contributed by atoms with Crippen LogP contribution in [0.15, 0.2) is 41.5 Å². The van der Waals surface area contributed by atoms with Crippen LogP contribution in [0.5, 0.6) is 0 Å². The quantitative estimate of drug-likeness (QED) is 0.724. The molecule has 3 aromatic rings. The Kier molecular flexibility index (Phi) is 2.47. The first-order chi connectivity index (χ1) is 10.2. The second kappa shape index (κ2) is 4.34. The Morgan fingerprint density at radius 2 is 2.10 bits per heavy atom. The molecule has 0 aliphatic carbocycles. The fourth-order valence-corrected chi connectivity index (χ4v) is 2.71. The molecule has 0 bridgehead atoms. The molecule has 106 valence electrons. The van der Waals surface area contributed by atoms with Crippen LogP contribution in [-0.2, 0) is 0 Å². The molecular weight excluding hydrogens is 268 g/mol. The lowest BCUT2D eigenvalue weighted by Crippen LogP contribution is -2.50. The molecule has 21 heavy (non-hydrogen) atoms. The standard InChI is InChI=1S/C14H14N6O/c15-9-3-4-12(17-6-9)19-7-10(8-19)20-11-2-1-5-16-13(11)18-14(20)21/h1-6,10H,7-8,15H2,(H,16,18,21). The maximum atomic E-state index is 12.1. The zero-order valence-electron chi connectivity index (χ0n) is 11.2. The van der Waals surface area contributed by atoms with Crippen molar-refractivity contribution in [3.63, 3.8) is 0 Å². The highest BCUT2D eigenvalue weighted by atomic mass is 16.1. The third-order valence-electron chi connectivity index (χ3n) is 3.81. The van der Waals surface area contributed by atoms with Crippen LogP contribution in [0.4, 0.5) is 11.5 Å². The number of aromatic nitrogens is 4. The van der Waals surface area contributed by atoms with E-state index in [0.29, 0.717) is 11.3 Å². The summed E-state index contributed by atoms with van der Waals surface area (Å²) in [5.74, 6) is 0.881. The van der Waals surface area contributed by atoms with Gasteiger partial charge in [-0.2, -0.15) is 0 Å². The van der Waals surface area contributed by atoms with E-state index in [9.17, 15) is 4.79 Å². The van der Waals surface area contributed by atoms with Gasteiger partial charge in [0.2, 0.25) is 0 Å². The number of hydrogen-bond acceptors (Lipinski definition) is 5. The van der Waals surface area contributed by atoms with Crippen molar-refractivity contribution in [1.29, 1.82) is 0 Å². The second-order valence-corrected chi connectivity index (χ2v) is 5.18. The number of H-pyrrole nitrogens is 1. The SMILES string of the molecule is Nc1ccc(N2CC(n3c(=O)[nH]c4ncccc43)C2)nc1. The van der Waals surface area contributed by atoms with Gasteiger partial charge in [-0.25, -0.2) is 14.8 Å². The summed E-state index contributed by atoms with van der Waals surface area (Å²) in [6, 6.07) is 7.60. The Morgan fingerprint density at radius 1 is 1.24 bits per heavy atom. The highest BCUT2D eigenvalue weighted by Gasteiger charge is 2.31. The molecule has 4 rings (SSSR count). The van der Waals surface area contributed by atoms with Gasteiger partial charge in [0, 0.05) is 19.3 Å². The van der Waals surface area contributed by atoms with Gasteiger partial charge in [-0.1, -0.05) is 0 Å². The predicted octanol–water partition coefficient (Wildman–Crippen LogP) is 0.763. The summed E-state index contributed by atoms with van der Waals surface area (Å²) < 4.78 is 1.77. The summed E-state index contributed by atoms with van der Waals surface area (Å²) in [4.78, 5) is 25.4. The van der Waals surface area contributed by atoms with Crippen LogP contribution in [0.3, 0.4) is 0 Å². The molecule has 7 heteroatoms. The zero-order valence-corrected chi connectivity index (χ0v) is 11.2. The fourth-order valence-electron chi connectivity index (χ4n) is 2.71. The molecule has 4 heterocycles. The van der Waals surface area contributed by atoms with Crippen LogP contribution in [0, 0.1) is 0 Å². The summed E-state index contributed by atoms with van der Waals surface area (Å²) in [5.41, 5.74) is 7.65. The van der Waals surface area contributed by atoms with Gasteiger partial charge in [0.15, 0.2) is 5.65 Å². The molecule has 1 aliphatic rings. The van der Waals surface area contributed by atoms with Crippen LogP contribution in [-0.4, -0.2) is 32.6 Å². The van der Waals surface area contributed by atoms with Crippen molar-refractivity contribution in [2.75, 3.05) is 23.7 Å². The third-order valence-corrected chi connectivity index (χ3v) is 3.81. The van der Waals surface area contributed by atoms with E-state index >= 15 is 0 Å². The van der Waals surface area contributed by atoms with E-state index < -0.39 is 0 Å². The average molecular weight is 282 g/mol. The van der Waals surface area contributed by atoms with Crippen LogP contribution >= 0.6 is 0 Å². The molecule has 0 amide bonds. The lowest BCUT2D eigenvalue weighted by molar-refractivity contribution is 0.397. The van der Waals surface area contributed by atoms with Gasteiger partial charge in [0.05, 0.1) is 23.4 Å². The Bertz CT molecular complexity index is 844. The number of anilines is 2. The van der Waals surface area contributed by atoms with Crippen molar-refractivity contribution in [2.24, 2.45) is 0 Å². The van der Waals surface area contributed by atoms with Gasteiger partial charge in [0.25, 0.3) is 0 Å². The molecule has 0 spiro atoms. The molecule has 7 nitrogen and oxygen atoms in total. The molecular formula is C14H14N6O. The fraction of sp³-hybridized carbons (Fsp3) is 0.214. The molecule has 3 aromatic heterocycles. The number of fused-ring (bicyclic) bond motifs is 1. The third kappa shape index (κ3) is 1.85. The normalized spacial score (nSPS) is 15.3. The Morgan fingerprint density at radius 3 is 2.86 bits per heavy atom. The van der Waals surface area contributed by atoms with Crippen LogP contribution < -0.4 is 16.3 Å². The van der Waals surface area contributed by atoms with E-state index in [1.165, 1.54) is 0 Å². The summed E-state index contributed by atoms with van der Waals surface area (Å²) in [6.45, 7) is 1.50. The van der Waals surface area contributed by atoms with Crippen molar-refractivity contribution in [1.82, 2.24) is 19.5 Å². The van der Waals surface area contributed by atoms with Crippen LogP contribution in [0.2, 0.25) is 0 Å². The molecule has 0 atom stereocenters. The number of nitrogens with one attached hydrogen (secondary N) is 1. The summed E-state index contributed by atoms with van der Waals surface area (Å²) in [7, 11) is 0. The minimum absolute atomic E-state index is 0.112. The Balaban J connectivity index is 1.61. The first kappa shape index (κ1) is 12.0. The van der Waals surface area contributed by atoms with E-state index in [0.717, 1.165) is 24.4 Å². The van der Waals surface area contributed by atoms with Gasteiger partial charge in [0.1, 0.15) is 5.82 Å². The maximum Gasteiger partial charge on any atom is 0.328 e. The van der Waals surface area contributed by atoms with Crippen molar-refractivity contribution < 1.29 is 0 Å². The second-order valence-electron chi connectivity index (χ2n) is 5.18. The summed E-state index contributed by atoms with van der Waals surface area (Å²) in [5, 5.41) is 0. The zero-order chi connectivity index (χ0) is 14.4. The minimum atomic E-state index is -0.112. The molecule has 0 radical (unpaired) electrons. The van der Waals surface area contributed by atoms with Crippen molar-refractivity contribution in [3.8, 4) is 0 Å². The van der Waals surface area contributed by atoms with Gasteiger partial charge in [-0.05, 0) is 24.3 Å². The van der Waals surface area contributed by atoms with Gasteiger partial charge >= 0.3 is 5.69 Å². The molecule has 3 N–H and O–H groups in total. The minimum Gasteiger partial charge on any atom is -0.397 e. The van der Waals surface area contributed by atoms with E-state index in [1.54, 1.807) is 17.0 Å². The first-order valence-electron chi connectivity index (χ1n) is 6.74. The number of aromatic amines is 1. The van der Waals surface area contributed by atoms with Crippen molar-refractivity contribution in [3.05, 3.63) is 47.1 Å². The van der Waals surface area contributed by atoms with E-state index in [1.807, 2.05) is 24.3 Å². The number of nitrogen functional groups attached to an aromatic ring is 1. The predicted molar refractivity (Wildman–Crippen MR) is 80.3 cm³/mol. The first-order valence-corrected chi connectivity index (χ1v) is 6.74. The molecule has 1 aliphatic heterocycles. The summed E-state index contributed by atoms with van der Waals surface area (Å²) in [6.07, 6.45) is 3.32. The molecule has 1 saturated heterocycles. The smallest absolute Gasteiger partial charge is 0.328 e. The number of nitrogens with two attached hydrogens (primary N) is 1. The summed E-state index contributed by atoms with van der Waals surface area (Å²) >= 11 is 0. The highest BCUT2D eigenvalue weighted by molar-refractivity contribution is 5.70. The maximum absolute atomic E-state index is 12.1. The van der Waals surface area contributed by atoms with E-state index in [-0.39, 0.29) is 11.7 Å². The molecule has 1 fully saturated rings. The largest absolute Gasteiger partial charge is 0.397 e. The number of rotatable bonds is 2. The van der Waals surface area contributed by atoms with Crippen molar-refractivity contribution in [2.45, 2.75) is 6.04 Å². The van der Waals surface area contributed by atoms with Gasteiger partial charge < -0.3 is 10.6 Å². The van der Waals surface area contributed by atoms with Crippen LogP contribution in [0.1, 0.15) is 6.04 Å². The lowest BCUT2D eigenvalue weighted by Gasteiger charge is -2.40. The van der Waals surface area contributed by atoms with E-state index in [2.05, 4.69) is 19.9 Å². The van der Waals surface area contributed by atoms with Crippen molar-refractivity contribution >= 4 is 22.7 Å². The van der Waals surface area contributed by atoms with Gasteiger partial charge in [-0.3, -0.25) is 9.55 Å². The van der Waals surface area contributed by atoms with E-state index in [4.69, 9.17) is 5.73 Å². The number of hydrogen-bond donors (Lipinski definition) is 2. The van der Waals surface area contributed by atoms with Crippen LogP contribution in [0.25, 0.3) is 11.2 Å². The Labute approximate surface area is 120 Å². The number of pyridine rings is 2. The number of imidazole rings is 1.